The van der Waals surface area contributed by atoms with E-state index in [-0.39, 0.29) is 5.91 Å². The number of carbonyl (C=O) groups excluding carboxylic acids is 1. The Morgan fingerprint density at radius 3 is 2.75 bits per heavy atom. The van der Waals surface area contributed by atoms with Crippen molar-refractivity contribution in [2.45, 2.75) is 39.5 Å². The van der Waals surface area contributed by atoms with Gasteiger partial charge in [-0.25, -0.2) is 0 Å². The van der Waals surface area contributed by atoms with Gasteiger partial charge in [0, 0.05) is 12.1 Å². The molecule has 1 heterocycles. The lowest BCUT2D eigenvalue weighted by Gasteiger charge is -2.28. The van der Waals surface area contributed by atoms with Crippen LogP contribution in [-0.4, -0.2) is 19.0 Å². The number of carbonyl (C=O) groups is 1. The Labute approximate surface area is 122 Å². The van der Waals surface area contributed by atoms with Gasteiger partial charge in [-0.2, -0.15) is 0 Å². The van der Waals surface area contributed by atoms with Crippen molar-refractivity contribution in [1.29, 1.82) is 0 Å². The maximum atomic E-state index is 12.1. The molecule has 3 nitrogen and oxygen atoms in total. The van der Waals surface area contributed by atoms with Crippen LogP contribution in [0.15, 0.2) is 24.3 Å². The lowest BCUT2D eigenvalue weighted by Crippen LogP contribution is -2.34. The van der Waals surface area contributed by atoms with Gasteiger partial charge < -0.3 is 10.6 Å². The van der Waals surface area contributed by atoms with E-state index in [9.17, 15) is 4.79 Å². The number of nitrogens with one attached hydrogen (secondary N) is 2. The molecule has 2 rings (SSSR count). The summed E-state index contributed by atoms with van der Waals surface area (Å²) in [5, 5.41) is 6.42. The Bertz CT molecular complexity index is 421. The molecule has 1 aliphatic heterocycles. The number of hydrogen-bond donors (Lipinski definition) is 2. The maximum Gasteiger partial charge on any atom is 0.224 e. The summed E-state index contributed by atoms with van der Waals surface area (Å²) in [6.45, 7) is 6.50. The van der Waals surface area contributed by atoms with Crippen molar-refractivity contribution in [2.75, 3.05) is 18.4 Å². The summed E-state index contributed by atoms with van der Waals surface area (Å²) in [6, 6.07) is 8.13. The van der Waals surface area contributed by atoms with Crippen molar-refractivity contribution in [3.05, 3.63) is 29.8 Å². The molecule has 0 spiro atoms. The van der Waals surface area contributed by atoms with Crippen LogP contribution in [0.3, 0.4) is 0 Å². The molecule has 110 valence electrons. The molecule has 1 fully saturated rings. The van der Waals surface area contributed by atoms with Gasteiger partial charge in [0.1, 0.15) is 0 Å². The number of benzene rings is 1. The fourth-order valence-electron chi connectivity index (χ4n) is 2.86. The second-order valence-corrected chi connectivity index (χ2v) is 5.89. The Hall–Kier alpha value is -1.35. The van der Waals surface area contributed by atoms with E-state index < -0.39 is 0 Å². The predicted octanol–water partition coefficient (Wildman–Crippen LogP) is 3.21. The Kier molecular flexibility index (Phi) is 5.60. The summed E-state index contributed by atoms with van der Waals surface area (Å²) < 4.78 is 0. The number of piperidine rings is 1. The second-order valence-electron chi connectivity index (χ2n) is 5.89. The molecule has 1 aliphatic rings. The fourth-order valence-corrected chi connectivity index (χ4v) is 2.86. The zero-order valence-electron chi connectivity index (χ0n) is 12.6. The standard InChI is InChI=1S/C17H26N2O/c1-3-14-6-8-16(9-7-14)19-17(20)11-13(2)15-5-4-10-18-12-15/h6-9,13,15,18H,3-5,10-12H2,1-2H3,(H,19,20). The van der Waals surface area contributed by atoms with Crippen LogP contribution < -0.4 is 10.6 Å². The van der Waals surface area contributed by atoms with E-state index in [1.807, 2.05) is 12.1 Å². The van der Waals surface area contributed by atoms with Gasteiger partial charge in [0.15, 0.2) is 0 Å². The summed E-state index contributed by atoms with van der Waals surface area (Å²) in [5.41, 5.74) is 2.20. The van der Waals surface area contributed by atoms with Crippen molar-refractivity contribution in [2.24, 2.45) is 11.8 Å². The minimum absolute atomic E-state index is 0.132. The first-order valence-electron chi connectivity index (χ1n) is 7.78. The number of aryl methyl sites for hydroxylation is 1. The van der Waals surface area contributed by atoms with Crippen LogP contribution in [0.1, 0.15) is 38.7 Å². The molecular weight excluding hydrogens is 248 g/mol. The van der Waals surface area contributed by atoms with Crippen molar-refractivity contribution < 1.29 is 4.79 Å². The molecule has 1 saturated heterocycles. The smallest absolute Gasteiger partial charge is 0.224 e. The molecule has 0 saturated carbocycles. The van der Waals surface area contributed by atoms with Crippen molar-refractivity contribution in [1.82, 2.24) is 5.32 Å². The van der Waals surface area contributed by atoms with Gasteiger partial charge in [-0.1, -0.05) is 26.0 Å². The minimum Gasteiger partial charge on any atom is -0.326 e. The molecule has 0 aliphatic carbocycles. The zero-order chi connectivity index (χ0) is 14.4. The van der Waals surface area contributed by atoms with Gasteiger partial charge in [0.05, 0.1) is 0 Å². The molecule has 0 bridgehead atoms. The monoisotopic (exact) mass is 274 g/mol. The summed E-state index contributed by atoms with van der Waals surface area (Å²) >= 11 is 0. The van der Waals surface area contributed by atoms with Crippen LogP contribution in [-0.2, 0) is 11.2 Å². The van der Waals surface area contributed by atoms with Crippen molar-refractivity contribution >= 4 is 11.6 Å². The number of rotatable bonds is 5. The number of hydrogen-bond acceptors (Lipinski definition) is 2. The van der Waals surface area contributed by atoms with Crippen molar-refractivity contribution in [3.8, 4) is 0 Å². The zero-order valence-corrected chi connectivity index (χ0v) is 12.6. The largest absolute Gasteiger partial charge is 0.326 e. The molecule has 20 heavy (non-hydrogen) atoms. The summed E-state index contributed by atoms with van der Waals surface area (Å²) in [4.78, 5) is 12.1. The minimum atomic E-state index is 0.132. The topological polar surface area (TPSA) is 41.1 Å². The summed E-state index contributed by atoms with van der Waals surface area (Å²) in [6.07, 6.45) is 4.11. The van der Waals surface area contributed by atoms with Crippen LogP contribution in [0.2, 0.25) is 0 Å². The lowest BCUT2D eigenvalue weighted by molar-refractivity contribution is -0.117. The second kappa shape index (κ2) is 7.44. The van der Waals surface area contributed by atoms with Crippen LogP contribution >= 0.6 is 0 Å². The van der Waals surface area contributed by atoms with Crippen LogP contribution in [0.4, 0.5) is 5.69 Å². The quantitative estimate of drug-likeness (QED) is 0.865. The van der Waals surface area contributed by atoms with Gasteiger partial charge in [-0.15, -0.1) is 0 Å². The van der Waals surface area contributed by atoms with E-state index in [2.05, 4.69) is 36.6 Å². The molecule has 2 N–H and O–H groups in total. The average Bonchev–Trinajstić information content (AvgIpc) is 2.49. The van der Waals surface area contributed by atoms with Crippen molar-refractivity contribution in [3.63, 3.8) is 0 Å². The molecule has 1 amide bonds. The molecule has 1 aromatic carbocycles. The van der Waals surface area contributed by atoms with E-state index in [1.165, 1.54) is 18.4 Å². The summed E-state index contributed by atoms with van der Waals surface area (Å²) in [7, 11) is 0. The Morgan fingerprint density at radius 1 is 1.40 bits per heavy atom. The first-order valence-corrected chi connectivity index (χ1v) is 7.78. The maximum absolute atomic E-state index is 12.1. The third-order valence-corrected chi connectivity index (χ3v) is 4.29. The predicted molar refractivity (Wildman–Crippen MR) is 83.8 cm³/mol. The first kappa shape index (κ1) is 15.0. The molecule has 2 atom stereocenters. The SMILES string of the molecule is CCc1ccc(NC(=O)CC(C)C2CCCNC2)cc1. The molecule has 3 heteroatoms. The molecule has 1 aromatic rings. The third-order valence-electron chi connectivity index (χ3n) is 4.29. The highest BCUT2D eigenvalue weighted by atomic mass is 16.1. The van der Waals surface area contributed by atoms with Crippen LogP contribution in [0, 0.1) is 11.8 Å². The van der Waals surface area contributed by atoms with E-state index in [4.69, 9.17) is 0 Å². The Balaban J connectivity index is 1.81. The van der Waals surface area contributed by atoms with Gasteiger partial charge in [0.25, 0.3) is 0 Å². The first-order chi connectivity index (χ1) is 9.69. The van der Waals surface area contributed by atoms with E-state index in [0.717, 1.165) is 25.2 Å². The molecule has 0 radical (unpaired) electrons. The number of anilines is 1. The van der Waals surface area contributed by atoms with Gasteiger partial charge in [0.2, 0.25) is 5.91 Å². The Morgan fingerprint density at radius 2 is 2.15 bits per heavy atom. The van der Waals surface area contributed by atoms with Crippen LogP contribution in [0.5, 0.6) is 0 Å². The van der Waals surface area contributed by atoms with E-state index in [1.54, 1.807) is 0 Å². The number of amides is 1. The lowest BCUT2D eigenvalue weighted by atomic mass is 9.85. The highest BCUT2D eigenvalue weighted by molar-refractivity contribution is 5.90. The van der Waals surface area contributed by atoms with Crippen LogP contribution in [0.25, 0.3) is 0 Å². The highest BCUT2D eigenvalue weighted by Gasteiger charge is 2.21. The average molecular weight is 274 g/mol. The van der Waals surface area contributed by atoms with E-state index in [0.29, 0.717) is 18.3 Å². The normalized spacial score (nSPS) is 20.4. The third kappa shape index (κ3) is 4.34. The molecule has 0 aromatic heterocycles. The van der Waals surface area contributed by atoms with Gasteiger partial charge in [-0.05, 0) is 61.9 Å². The summed E-state index contributed by atoms with van der Waals surface area (Å²) in [5.74, 6) is 1.21. The van der Waals surface area contributed by atoms with Gasteiger partial charge in [-0.3, -0.25) is 4.79 Å². The molecule has 2 unspecified atom stereocenters. The highest BCUT2D eigenvalue weighted by Crippen LogP contribution is 2.23. The molecular formula is C17H26N2O. The van der Waals surface area contributed by atoms with Gasteiger partial charge >= 0.3 is 0 Å². The fraction of sp³-hybridized carbons (Fsp3) is 0.588. The van der Waals surface area contributed by atoms with E-state index >= 15 is 0 Å².